The van der Waals surface area contributed by atoms with Gasteiger partial charge in [-0.1, -0.05) is 67.9 Å². The number of nitrogens with zero attached hydrogens (tertiary/aromatic N) is 3. The zero-order chi connectivity index (χ0) is 27.0. The van der Waals surface area contributed by atoms with Crippen molar-refractivity contribution in [2.24, 2.45) is 0 Å². The minimum absolute atomic E-state index is 0.0342. The van der Waals surface area contributed by atoms with Crippen molar-refractivity contribution in [1.82, 2.24) is 19.6 Å². The predicted octanol–water partition coefficient (Wildman–Crippen LogP) is 5.45. The Morgan fingerprint density at radius 2 is 1.77 bits per heavy atom. The van der Waals surface area contributed by atoms with Crippen molar-refractivity contribution >= 4 is 11.6 Å². The fraction of sp³-hybridized carbons (Fsp3) is 0.364. The molecule has 1 aliphatic rings. The molecule has 2 aromatic carbocycles. The van der Waals surface area contributed by atoms with Crippen molar-refractivity contribution in [2.45, 2.75) is 57.4 Å². The number of fused-ring (bicyclic) bond motifs is 1. The molecule has 1 saturated heterocycles. The van der Waals surface area contributed by atoms with Crippen LogP contribution >= 0.6 is 0 Å². The molecule has 2 unspecified atom stereocenters. The smallest absolute Gasteiger partial charge is 0.261 e. The summed E-state index contributed by atoms with van der Waals surface area (Å²) in [4.78, 5) is 34.6. The van der Waals surface area contributed by atoms with Crippen LogP contribution in [0, 0.1) is 0 Å². The lowest BCUT2D eigenvalue weighted by atomic mass is 9.93. The quantitative estimate of drug-likeness (QED) is 0.301. The van der Waals surface area contributed by atoms with Gasteiger partial charge in [0.25, 0.3) is 11.5 Å². The number of hydrogen-bond acceptors (Lipinski definition) is 4. The third-order valence-electron chi connectivity index (χ3n) is 7.87. The molecule has 0 bridgehead atoms. The molecule has 0 spiro atoms. The van der Waals surface area contributed by atoms with Crippen molar-refractivity contribution in [1.29, 1.82) is 0 Å². The molecule has 1 N–H and O–H groups in total. The minimum Gasteiger partial charge on any atom is -0.338 e. The summed E-state index contributed by atoms with van der Waals surface area (Å²) in [5, 5.41) is 3.62. The van der Waals surface area contributed by atoms with Gasteiger partial charge in [0, 0.05) is 48.8 Å². The third-order valence-corrected chi connectivity index (χ3v) is 7.87. The number of benzene rings is 2. The molecule has 4 aromatic rings. The maximum absolute atomic E-state index is 13.8. The lowest BCUT2D eigenvalue weighted by Crippen LogP contribution is -2.41. The Bertz CT molecular complexity index is 1430. The first-order valence-corrected chi connectivity index (χ1v) is 14.3. The molecule has 39 heavy (non-hydrogen) atoms. The maximum Gasteiger partial charge on any atom is 0.261 e. The molecule has 2 atom stereocenters. The van der Waals surface area contributed by atoms with E-state index < -0.39 is 0 Å². The van der Waals surface area contributed by atoms with Crippen LogP contribution < -0.4 is 10.9 Å². The van der Waals surface area contributed by atoms with Gasteiger partial charge in [0.05, 0.1) is 5.69 Å². The fourth-order valence-corrected chi connectivity index (χ4v) is 5.64. The second kappa shape index (κ2) is 12.9. The summed E-state index contributed by atoms with van der Waals surface area (Å²) in [5.74, 6) is -0.0272. The second-order valence-corrected chi connectivity index (χ2v) is 10.5. The molecule has 0 saturated carbocycles. The van der Waals surface area contributed by atoms with Gasteiger partial charge in [-0.2, -0.15) is 0 Å². The normalized spacial score (nSPS) is 16.2. The van der Waals surface area contributed by atoms with E-state index in [1.54, 1.807) is 10.6 Å². The van der Waals surface area contributed by atoms with Gasteiger partial charge in [0.15, 0.2) is 0 Å². The summed E-state index contributed by atoms with van der Waals surface area (Å²) in [6.07, 6.45) is 7.58. The average molecular weight is 523 g/mol. The second-order valence-electron chi connectivity index (χ2n) is 10.5. The highest BCUT2D eigenvalue weighted by Gasteiger charge is 2.26. The van der Waals surface area contributed by atoms with Gasteiger partial charge in [-0.05, 0) is 62.1 Å². The molecular formula is C33H38N4O2. The highest BCUT2D eigenvalue weighted by molar-refractivity contribution is 5.94. The van der Waals surface area contributed by atoms with Gasteiger partial charge in [-0.15, -0.1) is 0 Å². The number of carbonyl (C=O) groups is 1. The first kappa shape index (κ1) is 26.8. The van der Waals surface area contributed by atoms with Crippen LogP contribution in [0.25, 0.3) is 5.65 Å². The number of hydrogen-bond donors (Lipinski definition) is 1. The van der Waals surface area contributed by atoms with Crippen molar-refractivity contribution in [2.75, 3.05) is 19.6 Å². The van der Waals surface area contributed by atoms with Crippen molar-refractivity contribution in [3.05, 3.63) is 118 Å². The summed E-state index contributed by atoms with van der Waals surface area (Å²) in [6.45, 7) is 4.36. The Morgan fingerprint density at radius 3 is 2.49 bits per heavy atom. The van der Waals surface area contributed by atoms with E-state index in [4.69, 9.17) is 4.98 Å². The van der Waals surface area contributed by atoms with Crippen molar-refractivity contribution in [3.8, 4) is 0 Å². The third kappa shape index (κ3) is 6.45. The topological polar surface area (TPSA) is 66.7 Å². The Labute approximate surface area is 230 Å². The minimum atomic E-state index is -0.0615. The Balaban J connectivity index is 1.50. The summed E-state index contributed by atoms with van der Waals surface area (Å²) in [6, 6.07) is 25.7. The molecule has 1 amide bonds. The standard InChI is InChI=1S/C33H38N4O2/c1-2-26(24-36(22-19-28-17-9-11-20-34-28)32(38)27-15-7-4-8-16-27)31-29(23-25-13-5-3-6-14-25)33(39)37-21-12-10-18-30(37)35-31/h3-8,10,12-16,18,21,26,28,34H,2,9,11,17,19-20,22-24H2,1H3. The van der Waals surface area contributed by atoms with Crippen LogP contribution in [0.5, 0.6) is 0 Å². The van der Waals surface area contributed by atoms with Crippen LogP contribution in [0.15, 0.2) is 89.9 Å². The number of amides is 1. The van der Waals surface area contributed by atoms with E-state index in [0.717, 1.165) is 37.1 Å². The van der Waals surface area contributed by atoms with Gasteiger partial charge >= 0.3 is 0 Å². The molecule has 6 heteroatoms. The van der Waals surface area contributed by atoms with Crippen molar-refractivity contribution < 1.29 is 4.79 Å². The lowest BCUT2D eigenvalue weighted by Gasteiger charge is -2.31. The van der Waals surface area contributed by atoms with E-state index in [1.807, 2.05) is 83.8 Å². The van der Waals surface area contributed by atoms with Gasteiger partial charge < -0.3 is 10.2 Å². The number of aromatic nitrogens is 2. The molecule has 5 rings (SSSR count). The number of piperidine rings is 1. The van der Waals surface area contributed by atoms with Crippen LogP contribution in [0.3, 0.4) is 0 Å². The van der Waals surface area contributed by atoms with E-state index in [1.165, 1.54) is 12.8 Å². The summed E-state index contributed by atoms with van der Waals surface area (Å²) < 4.78 is 1.64. The van der Waals surface area contributed by atoms with E-state index in [2.05, 4.69) is 12.2 Å². The summed E-state index contributed by atoms with van der Waals surface area (Å²) in [5.41, 5.74) is 3.88. The van der Waals surface area contributed by atoms with Gasteiger partial charge in [0.2, 0.25) is 0 Å². The van der Waals surface area contributed by atoms with Crippen LogP contribution in [-0.2, 0) is 6.42 Å². The summed E-state index contributed by atoms with van der Waals surface area (Å²) >= 11 is 0. The SMILES string of the molecule is CCC(CN(CCC1CCCCN1)C(=O)c1ccccc1)c1nc2ccccn2c(=O)c1Cc1ccccc1. The van der Waals surface area contributed by atoms with E-state index in [-0.39, 0.29) is 17.4 Å². The van der Waals surface area contributed by atoms with E-state index in [9.17, 15) is 9.59 Å². The van der Waals surface area contributed by atoms with Gasteiger partial charge in [0.1, 0.15) is 5.65 Å². The molecule has 2 aromatic heterocycles. The largest absolute Gasteiger partial charge is 0.338 e. The van der Waals surface area contributed by atoms with Crippen LogP contribution in [0.4, 0.5) is 0 Å². The van der Waals surface area contributed by atoms with Crippen molar-refractivity contribution in [3.63, 3.8) is 0 Å². The highest BCUT2D eigenvalue weighted by Crippen LogP contribution is 2.25. The zero-order valence-corrected chi connectivity index (χ0v) is 22.8. The van der Waals surface area contributed by atoms with E-state index >= 15 is 0 Å². The fourth-order valence-electron chi connectivity index (χ4n) is 5.64. The first-order valence-electron chi connectivity index (χ1n) is 14.3. The van der Waals surface area contributed by atoms with Crippen LogP contribution in [-0.4, -0.2) is 45.9 Å². The van der Waals surface area contributed by atoms with Crippen LogP contribution in [0.1, 0.15) is 72.1 Å². The first-order chi connectivity index (χ1) is 19.1. The number of rotatable bonds is 10. The lowest BCUT2D eigenvalue weighted by molar-refractivity contribution is 0.0734. The number of pyridine rings is 1. The monoisotopic (exact) mass is 522 g/mol. The highest BCUT2D eigenvalue weighted by atomic mass is 16.2. The molecular weight excluding hydrogens is 484 g/mol. The van der Waals surface area contributed by atoms with E-state index in [0.29, 0.717) is 42.3 Å². The maximum atomic E-state index is 13.8. The molecule has 0 radical (unpaired) electrons. The molecule has 202 valence electrons. The Hall–Kier alpha value is -3.77. The number of nitrogens with one attached hydrogen (secondary N) is 1. The zero-order valence-electron chi connectivity index (χ0n) is 22.8. The Morgan fingerprint density at radius 1 is 1.03 bits per heavy atom. The number of carbonyl (C=O) groups excluding carboxylic acids is 1. The molecule has 6 nitrogen and oxygen atoms in total. The summed E-state index contributed by atoms with van der Waals surface area (Å²) in [7, 11) is 0. The van der Waals surface area contributed by atoms with Gasteiger partial charge in [-0.25, -0.2) is 4.98 Å². The predicted molar refractivity (Wildman–Crippen MR) is 156 cm³/mol. The van der Waals surface area contributed by atoms with Gasteiger partial charge in [-0.3, -0.25) is 14.0 Å². The molecule has 0 aliphatic carbocycles. The Kier molecular flexibility index (Phi) is 8.84. The molecule has 3 heterocycles. The molecule has 1 aliphatic heterocycles. The average Bonchev–Trinajstić information content (AvgIpc) is 3.00. The van der Waals surface area contributed by atoms with Crippen LogP contribution in [0.2, 0.25) is 0 Å². The molecule has 1 fully saturated rings.